The number of nitrogens with one attached hydrogen (secondary N) is 2. The van der Waals surface area contributed by atoms with Crippen LogP contribution >= 0.6 is 0 Å². The summed E-state index contributed by atoms with van der Waals surface area (Å²) in [6, 6.07) is 19.9. The van der Waals surface area contributed by atoms with Crippen molar-refractivity contribution in [1.29, 1.82) is 0 Å². The average Bonchev–Trinajstić information content (AvgIpc) is 3.42. The summed E-state index contributed by atoms with van der Waals surface area (Å²) in [5.41, 5.74) is 4.70. The molecule has 0 unspecified atom stereocenters. The highest BCUT2D eigenvalue weighted by atomic mass is 16.2. The van der Waals surface area contributed by atoms with Crippen LogP contribution in [0.3, 0.4) is 0 Å². The number of fused-ring (bicyclic) bond motifs is 6. The molecule has 2 aliphatic rings. The largest absolute Gasteiger partial charge is 0.345 e. The van der Waals surface area contributed by atoms with Gasteiger partial charge < -0.3 is 15.2 Å². The summed E-state index contributed by atoms with van der Waals surface area (Å²) in [5, 5.41) is 2.88. The topological polar surface area (TPSA) is 98.4 Å². The van der Waals surface area contributed by atoms with Crippen LogP contribution in [0.5, 0.6) is 0 Å². The molecule has 3 heterocycles. The molecule has 0 fully saturated rings. The number of rotatable bonds is 4. The van der Waals surface area contributed by atoms with E-state index in [4.69, 9.17) is 0 Å². The van der Waals surface area contributed by atoms with Gasteiger partial charge in [0.05, 0.1) is 28.6 Å². The average molecular weight is 437 g/mol. The Morgan fingerprint density at radius 1 is 0.970 bits per heavy atom. The second kappa shape index (κ2) is 7.30. The minimum Gasteiger partial charge on any atom is -0.345 e. The van der Waals surface area contributed by atoms with Gasteiger partial charge in [-0.05, 0) is 36.4 Å². The van der Waals surface area contributed by atoms with Crippen LogP contribution in [0.25, 0.3) is 11.0 Å². The van der Waals surface area contributed by atoms with Crippen LogP contribution in [0.2, 0.25) is 0 Å². The molecule has 33 heavy (non-hydrogen) atoms. The van der Waals surface area contributed by atoms with E-state index >= 15 is 0 Å². The van der Waals surface area contributed by atoms with E-state index in [1.165, 1.54) is 0 Å². The predicted octanol–water partition coefficient (Wildman–Crippen LogP) is 3.71. The van der Waals surface area contributed by atoms with Gasteiger partial charge in [0.1, 0.15) is 6.17 Å². The lowest BCUT2D eigenvalue weighted by atomic mass is 10.0. The smallest absolute Gasteiger partial charge is 0.260 e. The first-order valence-corrected chi connectivity index (χ1v) is 10.7. The minimum atomic E-state index is -0.565. The second-order valence-electron chi connectivity index (χ2n) is 8.08. The number of aromatic amines is 1. The van der Waals surface area contributed by atoms with Crippen molar-refractivity contribution in [2.45, 2.75) is 12.6 Å². The van der Waals surface area contributed by atoms with Crippen molar-refractivity contribution in [2.75, 3.05) is 16.8 Å². The highest BCUT2D eigenvalue weighted by Crippen LogP contribution is 2.45. The number of aromatic nitrogens is 2. The van der Waals surface area contributed by atoms with E-state index < -0.39 is 6.17 Å². The Hall–Kier alpha value is -4.46. The third-order valence-corrected chi connectivity index (χ3v) is 6.17. The Morgan fingerprint density at radius 3 is 2.64 bits per heavy atom. The molecule has 2 N–H and O–H groups in total. The molecule has 0 saturated carbocycles. The maximum atomic E-state index is 13.4. The Balaban J connectivity index is 1.28. The zero-order chi connectivity index (χ0) is 22.5. The van der Waals surface area contributed by atoms with Crippen LogP contribution in [0.15, 0.2) is 73.1 Å². The van der Waals surface area contributed by atoms with Gasteiger partial charge in [0.15, 0.2) is 0 Å². The molecular formula is C25H19N5O3. The number of hydrogen-bond donors (Lipinski definition) is 2. The van der Waals surface area contributed by atoms with Gasteiger partial charge in [0, 0.05) is 29.8 Å². The number of H-pyrrole nitrogens is 1. The number of benzene rings is 3. The first-order valence-electron chi connectivity index (χ1n) is 10.7. The molecule has 1 aromatic heterocycles. The van der Waals surface area contributed by atoms with Crippen LogP contribution in [-0.2, 0) is 4.79 Å². The second-order valence-corrected chi connectivity index (χ2v) is 8.08. The summed E-state index contributed by atoms with van der Waals surface area (Å²) in [7, 11) is 0. The van der Waals surface area contributed by atoms with Gasteiger partial charge in [-0.15, -0.1) is 0 Å². The molecule has 2 aliphatic heterocycles. The molecule has 0 radical (unpaired) electrons. The van der Waals surface area contributed by atoms with Crippen molar-refractivity contribution >= 4 is 40.1 Å². The maximum absolute atomic E-state index is 13.4. The van der Waals surface area contributed by atoms with Crippen LogP contribution < -0.4 is 10.2 Å². The van der Waals surface area contributed by atoms with Crippen LogP contribution in [0.4, 0.5) is 11.4 Å². The number of hydrogen-bond acceptors (Lipinski definition) is 4. The number of imidazole rings is 1. The summed E-state index contributed by atoms with van der Waals surface area (Å²) in [6.07, 6.45) is 1.13. The fourth-order valence-corrected chi connectivity index (χ4v) is 4.66. The predicted molar refractivity (Wildman–Crippen MR) is 123 cm³/mol. The Labute approximate surface area is 188 Å². The molecular weight excluding hydrogens is 418 g/mol. The van der Waals surface area contributed by atoms with Gasteiger partial charge in [-0.1, -0.05) is 30.3 Å². The molecule has 1 atom stereocenters. The van der Waals surface area contributed by atoms with Crippen molar-refractivity contribution in [3.05, 3.63) is 89.7 Å². The molecule has 0 aliphatic carbocycles. The van der Waals surface area contributed by atoms with E-state index in [0.717, 1.165) is 16.6 Å². The van der Waals surface area contributed by atoms with Gasteiger partial charge in [-0.3, -0.25) is 19.3 Å². The molecule has 0 spiro atoms. The summed E-state index contributed by atoms with van der Waals surface area (Å²) in [6.45, 7) is 0.175. The molecule has 0 bridgehead atoms. The molecule has 0 saturated heterocycles. The Kier molecular flexibility index (Phi) is 4.26. The zero-order valence-electron chi connectivity index (χ0n) is 17.5. The van der Waals surface area contributed by atoms with Crippen LogP contribution in [-0.4, -0.2) is 39.1 Å². The number of carbonyl (C=O) groups is 3. The van der Waals surface area contributed by atoms with Gasteiger partial charge in [0.2, 0.25) is 5.91 Å². The van der Waals surface area contributed by atoms with Gasteiger partial charge in [0.25, 0.3) is 11.8 Å². The van der Waals surface area contributed by atoms with E-state index in [-0.39, 0.29) is 30.7 Å². The number of amides is 3. The lowest BCUT2D eigenvalue weighted by molar-refractivity contribution is -0.116. The fourth-order valence-electron chi connectivity index (χ4n) is 4.66. The molecule has 3 aromatic carbocycles. The third-order valence-electron chi connectivity index (χ3n) is 6.17. The Bertz CT molecular complexity index is 1440. The number of nitrogens with zero attached hydrogens (tertiary/aromatic N) is 3. The van der Waals surface area contributed by atoms with Crippen molar-refractivity contribution in [2.24, 2.45) is 0 Å². The lowest BCUT2D eigenvalue weighted by Crippen LogP contribution is -2.48. The standard InChI is InChI=1S/C25H19N5O3/c31-22(28-15-9-10-19-20(13-15)27-14-26-19)11-12-29-23-16-5-1-2-6-17(16)25(33)30(23)21-8-4-3-7-18(21)24(29)32/h1-10,13-14,23H,11-12H2,(H,26,27)(H,28,31)/t23-/m0/s1. The lowest BCUT2D eigenvalue weighted by Gasteiger charge is -2.40. The number of carbonyl (C=O) groups excluding carboxylic acids is 3. The molecule has 8 heteroatoms. The highest BCUT2D eigenvalue weighted by Gasteiger charge is 2.47. The summed E-state index contributed by atoms with van der Waals surface area (Å²) in [5.74, 6) is -0.550. The first-order chi connectivity index (χ1) is 16.1. The molecule has 3 amide bonds. The van der Waals surface area contributed by atoms with E-state index in [1.54, 1.807) is 46.5 Å². The van der Waals surface area contributed by atoms with E-state index in [0.29, 0.717) is 22.5 Å². The molecule has 4 aromatic rings. The monoisotopic (exact) mass is 437 g/mol. The molecule has 162 valence electrons. The minimum absolute atomic E-state index is 0.0929. The third kappa shape index (κ3) is 2.99. The van der Waals surface area contributed by atoms with Gasteiger partial charge in [-0.25, -0.2) is 4.98 Å². The molecule has 8 nitrogen and oxygen atoms in total. The first kappa shape index (κ1) is 19.2. The van der Waals surface area contributed by atoms with E-state index in [1.807, 2.05) is 36.4 Å². The quantitative estimate of drug-likeness (QED) is 0.509. The van der Waals surface area contributed by atoms with Crippen LogP contribution in [0.1, 0.15) is 38.9 Å². The van der Waals surface area contributed by atoms with Crippen molar-refractivity contribution in [3.63, 3.8) is 0 Å². The van der Waals surface area contributed by atoms with Crippen LogP contribution in [0, 0.1) is 0 Å². The highest BCUT2D eigenvalue weighted by molar-refractivity contribution is 6.16. The fraction of sp³-hybridized carbons (Fsp3) is 0.120. The van der Waals surface area contributed by atoms with E-state index in [9.17, 15) is 14.4 Å². The number of anilines is 2. The van der Waals surface area contributed by atoms with Gasteiger partial charge in [-0.2, -0.15) is 0 Å². The zero-order valence-corrected chi connectivity index (χ0v) is 17.5. The van der Waals surface area contributed by atoms with Crippen molar-refractivity contribution in [3.8, 4) is 0 Å². The van der Waals surface area contributed by atoms with Crippen molar-refractivity contribution < 1.29 is 14.4 Å². The SMILES string of the molecule is O=C(CCN1C(=O)c2ccccc2N2C(=O)c3ccccc3[C@@H]12)Nc1ccc2nc[nH]c2c1. The maximum Gasteiger partial charge on any atom is 0.260 e. The molecule has 6 rings (SSSR count). The van der Waals surface area contributed by atoms with Crippen molar-refractivity contribution in [1.82, 2.24) is 14.9 Å². The Morgan fingerprint density at radius 2 is 1.76 bits per heavy atom. The number of para-hydroxylation sites is 1. The van der Waals surface area contributed by atoms with E-state index in [2.05, 4.69) is 15.3 Å². The summed E-state index contributed by atoms with van der Waals surface area (Å²) < 4.78 is 0. The van der Waals surface area contributed by atoms with Gasteiger partial charge >= 0.3 is 0 Å². The summed E-state index contributed by atoms with van der Waals surface area (Å²) >= 11 is 0. The summed E-state index contributed by atoms with van der Waals surface area (Å²) in [4.78, 5) is 49.8. The normalized spacial score (nSPS) is 16.5.